The summed E-state index contributed by atoms with van der Waals surface area (Å²) in [7, 11) is 0. The molecule has 2 rings (SSSR count). The van der Waals surface area contributed by atoms with Crippen molar-refractivity contribution < 1.29 is 4.79 Å². The molecular formula is C18H28N2O. The molecule has 1 heterocycles. The molecule has 1 saturated heterocycles. The molecule has 3 nitrogen and oxygen atoms in total. The molecule has 0 bridgehead atoms. The number of benzene rings is 1. The predicted octanol–water partition coefficient (Wildman–Crippen LogP) is 3.14. The van der Waals surface area contributed by atoms with Gasteiger partial charge in [-0.25, -0.2) is 0 Å². The van der Waals surface area contributed by atoms with Crippen LogP contribution in [0.3, 0.4) is 0 Å². The van der Waals surface area contributed by atoms with Gasteiger partial charge in [-0.15, -0.1) is 0 Å². The summed E-state index contributed by atoms with van der Waals surface area (Å²) in [5, 5.41) is 6.64. The third-order valence-corrected chi connectivity index (χ3v) is 4.83. The van der Waals surface area contributed by atoms with E-state index in [0.717, 1.165) is 25.9 Å². The van der Waals surface area contributed by atoms with E-state index in [0.29, 0.717) is 11.8 Å². The Morgan fingerprint density at radius 3 is 2.43 bits per heavy atom. The molecule has 1 unspecified atom stereocenters. The summed E-state index contributed by atoms with van der Waals surface area (Å²) in [5.74, 6) is 1.21. The molecule has 1 aliphatic heterocycles. The van der Waals surface area contributed by atoms with Gasteiger partial charge in [-0.1, -0.05) is 63.9 Å². The topological polar surface area (TPSA) is 41.1 Å². The third kappa shape index (κ3) is 3.85. The number of rotatable bonds is 6. The van der Waals surface area contributed by atoms with Crippen molar-refractivity contribution in [1.82, 2.24) is 10.6 Å². The second kappa shape index (κ2) is 7.60. The SMILES string of the molecule is CCC(CC)C(NC(=O)[C@@H]1CNC[C@H]1C)c1ccccc1. The highest BCUT2D eigenvalue weighted by molar-refractivity contribution is 5.80. The maximum absolute atomic E-state index is 12.6. The van der Waals surface area contributed by atoms with Gasteiger partial charge in [-0.05, 0) is 23.9 Å². The van der Waals surface area contributed by atoms with E-state index in [9.17, 15) is 4.79 Å². The van der Waals surface area contributed by atoms with E-state index in [4.69, 9.17) is 0 Å². The zero-order chi connectivity index (χ0) is 15.2. The molecule has 3 heteroatoms. The van der Waals surface area contributed by atoms with Gasteiger partial charge in [-0.2, -0.15) is 0 Å². The van der Waals surface area contributed by atoms with E-state index in [1.165, 1.54) is 5.56 Å². The van der Waals surface area contributed by atoms with Crippen LogP contribution in [0.1, 0.15) is 45.2 Å². The molecule has 1 aliphatic rings. The Morgan fingerprint density at radius 2 is 1.90 bits per heavy atom. The Labute approximate surface area is 128 Å². The molecule has 2 N–H and O–H groups in total. The standard InChI is InChI=1S/C18H28N2O/c1-4-14(5-2)17(15-9-7-6-8-10-15)20-18(21)16-12-19-11-13(16)3/h6-10,13-14,16-17,19H,4-5,11-12H2,1-3H3,(H,20,21)/t13-,16-,17?/m1/s1. The molecule has 0 aromatic heterocycles. The maximum Gasteiger partial charge on any atom is 0.225 e. The van der Waals surface area contributed by atoms with Crippen molar-refractivity contribution in [2.24, 2.45) is 17.8 Å². The Balaban J connectivity index is 2.14. The third-order valence-electron chi connectivity index (χ3n) is 4.83. The van der Waals surface area contributed by atoms with Gasteiger partial charge in [0.25, 0.3) is 0 Å². The maximum atomic E-state index is 12.6. The van der Waals surface area contributed by atoms with E-state index in [1.54, 1.807) is 0 Å². The van der Waals surface area contributed by atoms with Crippen LogP contribution in [0.25, 0.3) is 0 Å². The van der Waals surface area contributed by atoms with Crippen LogP contribution in [0, 0.1) is 17.8 Å². The lowest BCUT2D eigenvalue weighted by atomic mass is 9.87. The minimum absolute atomic E-state index is 0.102. The van der Waals surface area contributed by atoms with Crippen LogP contribution in [0.4, 0.5) is 0 Å². The number of nitrogens with one attached hydrogen (secondary N) is 2. The summed E-state index contributed by atoms with van der Waals surface area (Å²) in [6.45, 7) is 8.31. The minimum atomic E-state index is 0.102. The predicted molar refractivity (Wildman–Crippen MR) is 86.9 cm³/mol. The van der Waals surface area contributed by atoms with Gasteiger partial charge in [0.1, 0.15) is 0 Å². The highest BCUT2D eigenvalue weighted by Crippen LogP contribution is 2.28. The fourth-order valence-electron chi connectivity index (χ4n) is 3.32. The lowest BCUT2D eigenvalue weighted by Crippen LogP contribution is -2.39. The summed E-state index contributed by atoms with van der Waals surface area (Å²) >= 11 is 0. The monoisotopic (exact) mass is 288 g/mol. The van der Waals surface area contributed by atoms with Gasteiger partial charge in [0.2, 0.25) is 5.91 Å². The van der Waals surface area contributed by atoms with Crippen molar-refractivity contribution in [3.05, 3.63) is 35.9 Å². The molecule has 0 spiro atoms. The van der Waals surface area contributed by atoms with E-state index in [2.05, 4.69) is 55.7 Å². The zero-order valence-corrected chi connectivity index (χ0v) is 13.4. The number of hydrogen-bond acceptors (Lipinski definition) is 2. The zero-order valence-electron chi connectivity index (χ0n) is 13.4. The van der Waals surface area contributed by atoms with E-state index in [1.807, 2.05) is 6.07 Å². The molecule has 0 radical (unpaired) electrons. The van der Waals surface area contributed by atoms with Crippen molar-refractivity contribution in [2.45, 2.75) is 39.7 Å². The molecular weight excluding hydrogens is 260 g/mol. The van der Waals surface area contributed by atoms with Crippen LogP contribution in [-0.4, -0.2) is 19.0 Å². The first-order valence-electron chi connectivity index (χ1n) is 8.23. The second-order valence-corrected chi connectivity index (χ2v) is 6.22. The fourth-order valence-corrected chi connectivity index (χ4v) is 3.32. The van der Waals surface area contributed by atoms with Crippen LogP contribution >= 0.6 is 0 Å². The number of carbonyl (C=O) groups is 1. The van der Waals surface area contributed by atoms with E-state index < -0.39 is 0 Å². The van der Waals surface area contributed by atoms with Crippen LogP contribution < -0.4 is 10.6 Å². The van der Waals surface area contributed by atoms with Gasteiger partial charge in [0, 0.05) is 6.54 Å². The summed E-state index contributed by atoms with van der Waals surface area (Å²) in [5.41, 5.74) is 1.22. The molecule has 3 atom stereocenters. The highest BCUT2D eigenvalue weighted by Gasteiger charge is 2.32. The fraction of sp³-hybridized carbons (Fsp3) is 0.611. The van der Waals surface area contributed by atoms with Gasteiger partial charge < -0.3 is 10.6 Å². The lowest BCUT2D eigenvalue weighted by molar-refractivity contribution is -0.126. The average molecular weight is 288 g/mol. The first-order valence-corrected chi connectivity index (χ1v) is 8.23. The summed E-state index contributed by atoms with van der Waals surface area (Å²) in [6, 6.07) is 10.5. The van der Waals surface area contributed by atoms with Crippen LogP contribution in [-0.2, 0) is 4.79 Å². The summed E-state index contributed by atoms with van der Waals surface area (Å²) in [6.07, 6.45) is 2.16. The normalized spacial score (nSPS) is 23.2. The van der Waals surface area contributed by atoms with Crippen molar-refractivity contribution in [3.63, 3.8) is 0 Å². The van der Waals surface area contributed by atoms with Gasteiger partial charge >= 0.3 is 0 Å². The average Bonchev–Trinajstić information content (AvgIpc) is 2.94. The summed E-state index contributed by atoms with van der Waals surface area (Å²) in [4.78, 5) is 12.6. The molecule has 1 amide bonds. The minimum Gasteiger partial charge on any atom is -0.349 e. The Kier molecular flexibility index (Phi) is 5.80. The summed E-state index contributed by atoms with van der Waals surface area (Å²) < 4.78 is 0. The van der Waals surface area contributed by atoms with Crippen molar-refractivity contribution in [2.75, 3.05) is 13.1 Å². The van der Waals surface area contributed by atoms with Crippen molar-refractivity contribution >= 4 is 5.91 Å². The van der Waals surface area contributed by atoms with Crippen LogP contribution in [0.15, 0.2) is 30.3 Å². The molecule has 1 aromatic carbocycles. The first kappa shape index (κ1) is 16.0. The van der Waals surface area contributed by atoms with Gasteiger partial charge in [-0.3, -0.25) is 4.79 Å². The lowest BCUT2D eigenvalue weighted by Gasteiger charge is -2.28. The molecule has 21 heavy (non-hydrogen) atoms. The van der Waals surface area contributed by atoms with Crippen LogP contribution in [0.2, 0.25) is 0 Å². The molecule has 0 saturated carbocycles. The quantitative estimate of drug-likeness (QED) is 0.844. The van der Waals surface area contributed by atoms with Crippen molar-refractivity contribution in [1.29, 1.82) is 0 Å². The second-order valence-electron chi connectivity index (χ2n) is 6.22. The number of carbonyl (C=O) groups excluding carboxylic acids is 1. The highest BCUT2D eigenvalue weighted by atomic mass is 16.2. The van der Waals surface area contributed by atoms with Crippen molar-refractivity contribution in [3.8, 4) is 0 Å². The largest absolute Gasteiger partial charge is 0.349 e. The molecule has 116 valence electrons. The first-order chi connectivity index (χ1) is 10.2. The van der Waals surface area contributed by atoms with Crippen LogP contribution in [0.5, 0.6) is 0 Å². The number of hydrogen-bond donors (Lipinski definition) is 2. The Bertz CT molecular complexity index is 442. The molecule has 1 aromatic rings. The number of amides is 1. The van der Waals surface area contributed by atoms with E-state index in [-0.39, 0.29) is 17.9 Å². The van der Waals surface area contributed by atoms with E-state index >= 15 is 0 Å². The molecule has 1 fully saturated rings. The molecule has 0 aliphatic carbocycles. The Morgan fingerprint density at radius 1 is 1.24 bits per heavy atom. The van der Waals surface area contributed by atoms with Gasteiger partial charge in [0.05, 0.1) is 12.0 Å². The smallest absolute Gasteiger partial charge is 0.225 e. The Hall–Kier alpha value is -1.35. The van der Waals surface area contributed by atoms with Gasteiger partial charge in [0.15, 0.2) is 0 Å².